The van der Waals surface area contributed by atoms with E-state index in [1.807, 2.05) is 12.1 Å². The first-order chi connectivity index (χ1) is 14.6. The number of thiophene rings is 1. The second-order valence-corrected chi connectivity index (χ2v) is 13.0. The third-order valence-corrected chi connectivity index (χ3v) is 10.7. The largest absolute Gasteiger partial charge is 0.477 e. The number of thiazole rings is 1. The maximum atomic E-state index is 12.2. The molecule has 2 unspecified atom stereocenters. The highest BCUT2D eigenvalue weighted by Gasteiger charge is 2.62. The first-order valence-electron chi connectivity index (χ1n) is 8.97. The number of aromatic nitrogens is 1. The standard InChI is InChI=1S/C18H12Cl2N2O5S4/c19-9-1-2-11-10(5-9)22(4-3-16(22)31(25,26)27)15(29-11)7-14-21(8-17(23)24)18-12(28-14)6-13(20)30-18/h1-2,5-7,16H,3-4,8H2/p+2/b15-7-. The van der Waals surface area contributed by atoms with Crippen LogP contribution in [0.25, 0.3) is 15.6 Å². The van der Waals surface area contributed by atoms with Gasteiger partial charge < -0.3 is 5.11 Å². The molecular weight excluding hydrogens is 523 g/mol. The zero-order chi connectivity index (χ0) is 22.1. The molecule has 0 saturated carbocycles. The Labute approximate surface area is 199 Å². The summed E-state index contributed by atoms with van der Waals surface area (Å²) < 4.78 is 37.4. The van der Waals surface area contributed by atoms with Gasteiger partial charge >= 0.3 is 16.1 Å². The number of benzene rings is 1. The highest BCUT2D eigenvalue weighted by atomic mass is 35.5. The summed E-state index contributed by atoms with van der Waals surface area (Å²) in [5.74, 6) is -0.994. The van der Waals surface area contributed by atoms with Crippen molar-refractivity contribution in [1.82, 2.24) is 4.48 Å². The topological polar surface area (TPSA) is 95.5 Å². The molecule has 0 radical (unpaired) electrons. The zero-order valence-electron chi connectivity index (χ0n) is 15.5. The normalized spacial score (nSPS) is 24.1. The molecule has 2 aliphatic heterocycles. The van der Waals surface area contributed by atoms with Gasteiger partial charge in [-0.25, -0.2) is 9.28 Å². The summed E-state index contributed by atoms with van der Waals surface area (Å²) in [5.41, 5.74) is 0.726. The number of carbonyl (C=O) groups is 1. The highest BCUT2D eigenvalue weighted by molar-refractivity contribution is 8.03. The minimum absolute atomic E-state index is 0.0429. The van der Waals surface area contributed by atoms with E-state index in [-0.39, 0.29) is 11.0 Å². The van der Waals surface area contributed by atoms with Crippen LogP contribution >= 0.6 is 57.6 Å². The van der Waals surface area contributed by atoms with E-state index in [4.69, 9.17) is 23.2 Å². The van der Waals surface area contributed by atoms with Gasteiger partial charge in [-0.3, -0.25) is 4.55 Å². The third-order valence-electron chi connectivity index (χ3n) is 5.44. The van der Waals surface area contributed by atoms with Gasteiger partial charge in [-0.15, -0.1) is 0 Å². The van der Waals surface area contributed by atoms with Crippen molar-refractivity contribution in [3.8, 4) is 0 Å². The molecule has 2 N–H and O–H groups in total. The van der Waals surface area contributed by atoms with Gasteiger partial charge in [0, 0.05) is 11.1 Å². The Morgan fingerprint density at radius 1 is 1.29 bits per heavy atom. The van der Waals surface area contributed by atoms with Gasteiger partial charge in [0.15, 0.2) is 10.7 Å². The number of hydrogen-bond donors (Lipinski definition) is 2. The van der Waals surface area contributed by atoms with E-state index in [2.05, 4.69) is 0 Å². The SMILES string of the molecule is O=C(O)C[n+]1c(/C=C2\Sc3ccc(Cl)cc3[N+]23CCC3S(=O)(=O)O)sc2cc(Cl)sc21. The maximum Gasteiger partial charge on any atom is 0.370 e. The Hall–Kier alpha value is -1.18. The Kier molecular flexibility index (Phi) is 5.18. The van der Waals surface area contributed by atoms with Crippen LogP contribution in [0.3, 0.4) is 0 Å². The highest BCUT2D eigenvalue weighted by Crippen LogP contribution is 2.58. The summed E-state index contributed by atoms with van der Waals surface area (Å²) in [6, 6.07) is 7.10. The lowest BCUT2D eigenvalue weighted by Gasteiger charge is -2.47. The van der Waals surface area contributed by atoms with Crippen molar-refractivity contribution in [2.45, 2.75) is 23.2 Å². The molecule has 0 bridgehead atoms. The molecule has 4 heterocycles. The second-order valence-electron chi connectivity index (χ2n) is 7.19. The van der Waals surface area contributed by atoms with Gasteiger partial charge in [0.2, 0.25) is 11.9 Å². The molecule has 1 saturated heterocycles. The Balaban J connectivity index is 1.71. The summed E-state index contributed by atoms with van der Waals surface area (Å²) >= 11 is 16.4. The first-order valence-corrected chi connectivity index (χ1v) is 13.7. The molecule has 0 aliphatic carbocycles. The summed E-state index contributed by atoms with van der Waals surface area (Å²) in [5, 5.41) is 10.2. The monoisotopic (exact) mass is 536 g/mol. The Morgan fingerprint density at radius 3 is 2.71 bits per heavy atom. The molecule has 31 heavy (non-hydrogen) atoms. The minimum Gasteiger partial charge on any atom is -0.477 e. The fourth-order valence-electron chi connectivity index (χ4n) is 4.11. The fraction of sp³-hybridized carbons (Fsp3) is 0.222. The van der Waals surface area contributed by atoms with Gasteiger partial charge in [-0.05, 0) is 30.0 Å². The number of aliphatic carboxylic acids is 1. The van der Waals surface area contributed by atoms with Crippen molar-refractivity contribution in [3.63, 3.8) is 0 Å². The molecule has 5 rings (SSSR count). The first kappa shape index (κ1) is 21.7. The van der Waals surface area contributed by atoms with Crippen LogP contribution in [-0.2, 0) is 21.5 Å². The van der Waals surface area contributed by atoms with E-state index in [0.29, 0.717) is 32.4 Å². The summed E-state index contributed by atoms with van der Waals surface area (Å²) in [6.07, 6.45) is 2.14. The molecule has 3 aromatic rings. The number of thioether (sulfide) groups is 1. The molecule has 7 nitrogen and oxygen atoms in total. The lowest BCUT2D eigenvalue weighted by Crippen LogP contribution is -2.66. The van der Waals surface area contributed by atoms with Crippen molar-refractivity contribution < 1.29 is 27.4 Å². The van der Waals surface area contributed by atoms with E-state index >= 15 is 0 Å². The van der Waals surface area contributed by atoms with Crippen LogP contribution in [0.4, 0.5) is 5.69 Å². The average Bonchev–Trinajstić information content (AvgIpc) is 3.23. The Bertz CT molecular complexity index is 1400. The predicted molar refractivity (Wildman–Crippen MR) is 124 cm³/mol. The molecule has 0 amide bonds. The lowest BCUT2D eigenvalue weighted by atomic mass is 10.1. The van der Waals surface area contributed by atoms with Crippen LogP contribution < -0.4 is 9.05 Å². The van der Waals surface area contributed by atoms with E-state index in [9.17, 15) is 22.9 Å². The summed E-state index contributed by atoms with van der Waals surface area (Å²) in [4.78, 5) is 13.1. The maximum absolute atomic E-state index is 12.2. The number of halogens is 2. The smallest absolute Gasteiger partial charge is 0.370 e. The van der Waals surface area contributed by atoms with Gasteiger partial charge in [0.25, 0.3) is 9.84 Å². The van der Waals surface area contributed by atoms with Crippen LogP contribution in [0.2, 0.25) is 9.36 Å². The van der Waals surface area contributed by atoms with Crippen molar-refractivity contribution in [1.29, 1.82) is 0 Å². The Morgan fingerprint density at radius 2 is 2.06 bits per heavy atom. The number of rotatable bonds is 4. The third kappa shape index (κ3) is 3.42. The van der Waals surface area contributed by atoms with Gasteiger partial charge in [-0.2, -0.15) is 13.0 Å². The van der Waals surface area contributed by atoms with Gasteiger partial charge in [0.05, 0.1) is 23.9 Å². The molecule has 2 aromatic heterocycles. The van der Waals surface area contributed by atoms with E-state index in [0.717, 1.165) is 20.1 Å². The molecule has 1 fully saturated rings. The lowest BCUT2D eigenvalue weighted by molar-refractivity contribution is -0.655. The zero-order valence-corrected chi connectivity index (χ0v) is 20.3. The number of nitrogens with zero attached hydrogens (tertiary/aromatic N) is 2. The fourth-order valence-corrected chi connectivity index (χ4v) is 9.55. The van der Waals surface area contributed by atoms with Crippen LogP contribution in [-0.4, -0.2) is 36.0 Å². The van der Waals surface area contributed by atoms with Gasteiger partial charge in [0.1, 0.15) is 9.04 Å². The summed E-state index contributed by atoms with van der Waals surface area (Å²) in [6.45, 7) is 0.238. The number of hydrogen-bond acceptors (Lipinski definition) is 6. The van der Waals surface area contributed by atoms with E-state index in [1.165, 1.54) is 34.4 Å². The van der Waals surface area contributed by atoms with E-state index in [1.54, 1.807) is 22.8 Å². The second kappa shape index (κ2) is 7.42. The predicted octanol–water partition coefficient (Wildman–Crippen LogP) is 4.67. The van der Waals surface area contributed by atoms with Crippen LogP contribution in [0, 0.1) is 0 Å². The molecule has 13 heteroatoms. The van der Waals surface area contributed by atoms with Crippen LogP contribution in [0.5, 0.6) is 0 Å². The number of quaternary nitrogens is 1. The number of carboxylic acids is 1. The average molecular weight is 537 g/mol. The van der Waals surface area contributed by atoms with Crippen molar-refractivity contribution in [3.05, 3.63) is 43.7 Å². The van der Waals surface area contributed by atoms with Crippen LogP contribution in [0.1, 0.15) is 11.4 Å². The summed E-state index contributed by atoms with van der Waals surface area (Å²) in [7, 11) is -4.33. The van der Waals surface area contributed by atoms with Crippen LogP contribution in [0.15, 0.2) is 34.2 Å². The molecule has 162 valence electrons. The number of fused-ring (bicyclic) bond motifs is 3. The molecule has 2 atom stereocenters. The number of carboxylic acid groups (broad SMARTS) is 1. The van der Waals surface area contributed by atoms with Gasteiger partial charge in [-0.1, -0.05) is 45.9 Å². The van der Waals surface area contributed by atoms with E-state index < -0.39 is 21.5 Å². The molecule has 1 aromatic carbocycles. The minimum atomic E-state index is -4.33. The molecular formula is C18H14Cl2N2O5S4+2. The van der Waals surface area contributed by atoms with Crippen molar-refractivity contribution >= 4 is 95.0 Å². The quantitative estimate of drug-likeness (QED) is 0.285. The molecule has 1 spiro atoms. The molecule has 2 aliphatic rings. The van der Waals surface area contributed by atoms with Crippen molar-refractivity contribution in [2.75, 3.05) is 6.54 Å². The van der Waals surface area contributed by atoms with Crippen molar-refractivity contribution in [2.24, 2.45) is 0 Å².